The van der Waals surface area contributed by atoms with Gasteiger partial charge >= 0.3 is 0 Å². The first-order valence-electron chi connectivity index (χ1n) is 9.56. The predicted molar refractivity (Wildman–Crippen MR) is 103 cm³/mol. The smallest absolute Gasteiger partial charge is 0.223 e. The zero-order chi connectivity index (χ0) is 17.3. The molecule has 2 fully saturated rings. The number of ether oxygens (including phenoxy) is 2. The van der Waals surface area contributed by atoms with E-state index in [9.17, 15) is 4.79 Å². The maximum atomic E-state index is 12.6. The summed E-state index contributed by atoms with van der Waals surface area (Å²) >= 11 is 0. The van der Waals surface area contributed by atoms with Crippen LogP contribution in [0.1, 0.15) is 38.2 Å². The zero-order valence-corrected chi connectivity index (χ0v) is 16.2. The molecule has 6 heteroatoms. The molecular weight excluding hydrogens is 352 g/mol. The van der Waals surface area contributed by atoms with Crippen molar-refractivity contribution in [1.29, 1.82) is 0 Å². The first-order valence-corrected chi connectivity index (χ1v) is 9.56. The minimum Gasteiger partial charge on any atom is -0.486 e. The van der Waals surface area contributed by atoms with Gasteiger partial charge in [-0.1, -0.05) is 25.8 Å². The van der Waals surface area contributed by atoms with Crippen LogP contribution in [0.4, 0.5) is 0 Å². The number of benzene rings is 1. The Balaban J connectivity index is 0.00000196. The molecular formula is C20H29ClN2O3. The highest BCUT2D eigenvalue weighted by Gasteiger charge is 2.38. The number of carbonyl (C=O) groups is 1. The van der Waals surface area contributed by atoms with Gasteiger partial charge in [0.25, 0.3) is 0 Å². The largest absolute Gasteiger partial charge is 0.486 e. The molecule has 1 saturated heterocycles. The lowest BCUT2D eigenvalue weighted by Crippen LogP contribution is -2.51. The maximum Gasteiger partial charge on any atom is 0.223 e. The van der Waals surface area contributed by atoms with E-state index in [4.69, 9.17) is 9.47 Å². The van der Waals surface area contributed by atoms with Crippen LogP contribution in [-0.2, 0) is 10.2 Å². The Bertz CT molecular complexity index is 642. The third-order valence-electron chi connectivity index (χ3n) is 6.25. The van der Waals surface area contributed by atoms with Crippen LogP contribution >= 0.6 is 12.4 Å². The summed E-state index contributed by atoms with van der Waals surface area (Å²) in [6.07, 6.45) is 4.66. The van der Waals surface area contributed by atoms with Gasteiger partial charge in [0.05, 0.1) is 0 Å². The first-order chi connectivity index (χ1) is 12.2. The summed E-state index contributed by atoms with van der Waals surface area (Å²) in [5.41, 5.74) is 1.30. The fourth-order valence-corrected chi connectivity index (χ4v) is 4.29. The second-order valence-electron chi connectivity index (χ2n) is 7.77. The zero-order valence-electron chi connectivity index (χ0n) is 15.4. The molecule has 2 N–H and O–H groups in total. The van der Waals surface area contributed by atoms with Crippen molar-refractivity contribution in [2.24, 2.45) is 11.8 Å². The van der Waals surface area contributed by atoms with Crippen molar-refractivity contribution < 1.29 is 14.3 Å². The molecule has 5 nitrogen and oxygen atoms in total. The highest BCUT2D eigenvalue weighted by atomic mass is 35.5. The number of carbonyl (C=O) groups excluding carboxylic acids is 1. The summed E-state index contributed by atoms with van der Waals surface area (Å²) in [6, 6.07) is 6.31. The lowest BCUT2D eigenvalue weighted by molar-refractivity contribution is -0.127. The Labute approximate surface area is 161 Å². The third-order valence-corrected chi connectivity index (χ3v) is 6.25. The normalized spacial score (nSPS) is 22.0. The summed E-state index contributed by atoms with van der Waals surface area (Å²) in [4.78, 5) is 12.6. The van der Waals surface area contributed by atoms with Crippen LogP contribution in [0.25, 0.3) is 0 Å². The summed E-state index contributed by atoms with van der Waals surface area (Å²) in [5.74, 6) is 2.43. The topological polar surface area (TPSA) is 59.6 Å². The fourth-order valence-electron chi connectivity index (χ4n) is 4.29. The Morgan fingerprint density at radius 2 is 1.92 bits per heavy atom. The van der Waals surface area contributed by atoms with Crippen molar-refractivity contribution in [3.05, 3.63) is 23.8 Å². The number of hydrogen-bond donors (Lipinski definition) is 2. The van der Waals surface area contributed by atoms with E-state index in [0.29, 0.717) is 19.1 Å². The number of amides is 1. The van der Waals surface area contributed by atoms with E-state index in [0.717, 1.165) is 44.0 Å². The molecule has 144 valence electrons. The molecule has 0 bridgehead atoms. The van der Waals surface area contributed by atoms with Gasteiger partial charge in [-0.25, -0.2) is 0 Å². The average Bonchev–Trinajstić information content (AvgIpc) is 3.08. The molecule has 1 aliphatic carbocycles. The average molecular weight is 381 g/mol. The first kappa shape index (κ1) is 19.3. The maximum absolute atomic E-state index is 12.6. The highest BCUT2D eigenvalue weighted by Crippen LogP contribution is 2.43. The standard InChI is InChI=1S/C20H28N2O3.ClH/c1-14(15-11-21-12-15)19(23)22-13-20(6-2-3-7-20)16-4-5-17-18(10-16)25-9-8-24-17;/h4-5,10,14-15,21H,2-3,6-9,11-13H2,1H3,(H,22,23);1H. The minimum atomic E-state index is 0. The van der Waals surface area contributed by atoms with Gasteiger partial charge in [0.2, 0.25) is 5.91 Å². The molecule has 0 spiro atoms. The van der Waals surface area contributed by atoms with Crippen molar-refractivity contribution in [3.63, 3.8) is 0 Å². The van der Waals surface area contributed by atoms with Crippen LogP contribution in [0.5, 0.6) is 11.5 Å². The van der Waals surface area contributed by atoms with Crippen LogP contribution < -0.4 is 20.1 Å². The van der Waals surface area contributed by atoms with Crippen LogP contribution in [0.2, 0.25) is 0 Å². The molecule has 2 heterocycles. The summed E-state index contributed by atoms with van der Waals surface area (Å²) in [5, 5.41) is 6.50. The molecule has 1 amide bonds. The van der Waals surface area contributed by atoms with E-state index in [-0.39, 0.29) is 29.6 Å². The molecule has 1 atom stereocenters. The van der Waals surface area contributed by atoms with Gasteiger partial charge in [-0.2, -0.15) is 0 Å². The van der Waals surface area contributed by atoms with Crippen LogP contribution in [0.3, 0.4) is 0 Å². The second kappa shape index (κ2) is 8.05. The monoisotopic (exact) mass is 380 g/mol. The molecule has 2 aliphatic heterocycles. The van der Waals surface area contributed by atoms with Crippen LogP contribution in [0.15, 0.2) is 18.2 Å². The Morgan fingerprint density at radius 1 is 1.23 bits per heavy atom. The quantitative estimate of drug-likeness (QED) is 0.824. The van der Waals surface area contributed by atoms with Gasteiger partial charge in [-0.3, -0.25) is 4.79 Å². The Morgan fingerprint density at radius 3 is 2.58 bits per heavy atom. The van der Waals surface area contributed by atoms with E-state index < -0.39 is 0 Å². The number of rotatable bonds is 5. The van der Waals surface area contributed by atoms with Crippen LogP contribution in [0, 0.1) is 11.8 Å². The summed E-state index contributed by atoms with van der Waals surface area (Å²) in [7, 11) is 0. The van der Waals surface area contributed by atoms with Crippen molar-refractivity contribution >= 4 is 18.3 Å². The van der Waals surface area contributed by atoms with E-state index in [1.807, 2.05) is 13.0 Å². The van der Waals surface area contributed by atoms with E-state index >= 15 is 0 Å². The molecule has 1 unspecified atom stereocenters. The van der Waals surface area contributed by atoms with Gasteiger partial charge in [0, 0.05) is 17.9 Å². The highest BCUT2D eigenvalue weighted by molar-refractivity contribution is 5.85. The van der Waals surface area contributed by atoms with E-state index in [2.05, 4.69) is 22.8 Å². The van der Waals surface area contributed by atoms with Gasteiger partial charge in [0.1, 0.15) is 13.2 Å². The van der Waals surface area contributed by atoms with Crippen LogP contribution in [-0.4, -0.2) is 38.8 Å². The third kappa shape index (κ3) is 3.65. The lowest BCUT2D eigenvalue weighted by Gasteiger charge is -2.34. The fraction of sp³-hybridized carbons (Fsp3) is 0.650. The SMILES string of the molecule is CC(C(=O)NCC1(c2ccc3c(c2)OCCO3)CCCC1)C1CNC1.Cl. The predicted octanol–water partition coefficient (Wildman–Crippen LogP) is 2.66. The molecule has 1 saturated carbocycles. The van der Waals surface area contributed by atoms with E-state index in [1.54, 1.807) is 0 Å². The molecule has 0 radical (unpaired) electrons. The lowest BCUT2D eigenvalue weighted by atomic mass is 9.78. The Hall–Kier alpha value is -1.46. The number of halogens is 1. The van der Waals surface area contributed by atoms with Crippen molar-refractivity contribution in [2.75, 3.05) is 32.8 Å². The summed E-state index contributed by atoms with van der Waals surface area (Å²) in [6.45, 7) is 5.90. The molecule has 3 aliphatic rings. The molecule has 4 rings (SSSR count). The van der Waals surface area contributed by atoms with Gasteiger partial charge < -0.3 is 20.1 Å². The molecule has 0 aromatic heterocycles. The molecule has 1 aromatic rings. The Kier molecular flexibility index (Phi) is 5.98. The van der Waals surface area contributed by atoms with Crippen molar-refractivity contribution in [2.45, 2.75) is 38.0 Å². The molecule has 1 aromatic carbocycles. The summed E-state index contributed by atoms with van der Waals surface area (Å²) < 4.78 is 11.4. The number of nitrogens with one attached hydrogen (secondary N) is 2. The second-order valence-corrected chi connectivity index (χ2v) is 7.77. The van der Waals surface area contributed by atoms with Crippen molar-refractivity contribution in [3.8, 4) is 11.5 Å². The van der Waals surface area contributed by atoms with E-state index in [1.165, 1.54) is 18.4 Å². The van der Waals surface area contributed by atoms with Gasteiger partial charge in [-0.05, 0) is 49.5 Å². The minimum absolute atomic E-state index is 0. The van der Waals surface area contributed by atoms with Crippen molar-refractivity contribution in [1.82, 2.24) is 10.6 Å². The number of hydrogen-bond acceptors (Lipinski definition) is 4. The number of fused-ring (bicyclic) bond motifs is 1. The molecule has 26 heavy (non-hydrogen) atoms. The van der Waals surface area contributed by atoms with Gasteiger partial charge in [0.15, 0.2) is 11.5 Å². The van der Waals surface area contributed by atoms with Gasteiger partial charge in [-0.15, -0.1) is 12.4 Å².